The van der Waals surface area contributed by atoms with Crippen molar-refractivity contribution >= 4 is 32.3 Å². The number of fused-ring (bicyclic) bond motifs is 2. The van der Waals surface area contributed by atoms with Gasteiger partial charge in [-0.15, -0.1) is 0 Å². The van der Waals surface area contributed by atoms with E-state index in [0.717, 1.165) is 0 Å². The molecule has 0 saturated heterocycles. The summed E-state index contributed by atoms with van der Waals surface area (Å²) >= 11 is 0. The molecule has 6 aromatic rings. The van der Waals surface area contributed by atoms with Crippen molar-refractivity contribution < 1.29 is 13.2 Å². The Hall–Kier alpha value is -5.65. The number of nitrogens with one attached hydrogen (secondary N) is 1. The molecule has 0 aliphatic rings. The van der Waals surface area contributed by atoms with E-state index in [1.807, 2.05) is 6.07 Å². The van der Waals surface area contributed by atoms with Crippen LogP contribution in [0.4, 0.5) is 0 Å². The second-order valence-corrected chi connectivity index (χ2v) is 12.9. The molecule has 4 aromatic heterocycles. The van der Waals surface area contributed by atoms with Crippen LogP contribution >= 0.6 is 0 Å². The van der Waals surface area contributed by atoms with Gasteiger partial charge in [0.2, 0.25) is 9.84 Å². The maximum atomic E-state index is 14.3. The molecule has 0 radical (unpaired) electrons. The molecule has 0 saturated carbocycles. The molecule has 1 unspecified atom stereocenters. The zero-order valence-corrected chi connectivity index (χ0v) is 26.1. The molecule has 6 rings (SSSR count). The lowest BCUT2D eigenvalue weighted by Crippen LogP contribution is -2.33. The molecule has 0 aliphatic carbocycles. The molecular weight excluding hydrogens is 606 g/mol. The highest BCUT2D eigenvalue weighted by molar-refractivity contribution is 7.92. The summed E-state index contributed by atoms with van der Waals surface area (Å²) < 4.78 is 30.0. The molecule has 14 heteroatoms. The monoisotopic (exact) mass is 635 g/mol. The third-order valence-corrected chi connectivity index (χ3v) is 9.45. The fourth-order valence-electron chi connectivity index (χ4n) is 5.22. The molecule has 1 amide bonds. The smallest absolute Gasteiger partial charge is 0.267 e. The summed E-state index contributed by atoms with van der Waals surface area (Å²) in [6.07, 6.45) is 4.64. The molecule has 2 atom stereocenters. The third-order valence-electron chi connectivity index (χ3n) is 7.45. The molecule has 0 aliphatic heterocycles. The number of hydrogen-bond donors (Lipinski definition) is 2. The summed E-state index contributed by atoms with van der Waals surface area (Å²) in [6, 6.07) is 15.0. The Morgan fingerprint density at radius 1 is 1.02 bits per heavy atom. The van der Waals surface area contributed by atoms with E-state index in [9.17, 15) is 18.0 Å². The molecule has 4 heterocycles. The Bertz CT molecular complexity index is 2380. The molecule has 232 valence electrons. The van der Waals surface area contributed by atoms with Crippen molar-refractivity contribution in [2.75, 3.05) is 0 Å². The quantitative estimate of drug-likeness (QED) is 0.261. The second-order valence-electron chi connectivity index (χ2n) is 10.7. The number of amides is 1. The fraction of sp³-hybridized carbons (Fsp3) is 0.188. The van der Waals surface area contributed by atoms with Crippen LogP contribution in [0.3, 0.4) is 0 Å². The van der Waals surface area contributed by atoms with Crippen LogP contribution in [0.5, 0.6) is 0 Å². The van der Waals surface area contributed by atoms with Crippen molar-refractivity contribution in [1.29, 1.82) is 0 Å². The highest BCUT2D eigenvalue weighted by Crippen LogP contribution is 2.22. The van der Waals surface area contributed by atoms with Crippen molar-refractivity contribution in [1.82, 2.24) is 39.2 Å². The van der Waals surface area contributed by atoms with E-state index in [2.05, 4.69) is 32.3 Å². The van der Waals surface area contributed by atoms with Gasteiger partial charge in [-0.05, 0) is 51.1 Å². The first-order valence-corrected chi connectivity index (χ1v) is 15.8. The van der Waals surface area contributed by atoms with Crippen molar-refractivity contribution in [2.24, 2.45) is 12.8 Å². The maximum absolute atomic E-state index is 14.3. The number of rotatable bonds is 6. The summed E-state index contributed by atoms with van der Waals surface area (Å²) in [4.78, 5) is 37.0. The minimum atomic E-state index is -3.90. The number of sulfone groups is 1. The first kappa shape index (κ1) is 30.4. The van der Waals surface area contributed by atoms with Gasteiger partial charge in [0, 0.05) is 25.0 Å². The number of para-hydroxylation sites is 1. The predicted molar refractivity (Wildman–Crippen MR) is 171 cm³/mol. The highest BCUT2D eigenvalue weighted by atomic mass is 32.2. The van der Waals surface area contributed by atoms with Crippen molar-refractivity contribution in [3.8, 4) is 17.5 Å². The van der Waals surface area contributed by atoms with Crippen LogP contribution in [0, 0.1) is 18.8 Å². The Balaban J connectivity index is 1.48. The van der Waals surface area contributed by atoms with Crippen molar-refractivity contribution in [2.45, 2.75) is 37.2 Å². The normalized spacial score (nSPS) is 12.9. The minimum absolute atomic E-state index is 0.112. The average molecular weight is 636 g/mol. The largest absolute Gasteiger partial charge is 0.342 e. The van der Waals surface area contributed by atoms with E-state index in [0.29, 0.717) is 39.5 Å². The van der Waals surface area contributed by atoms with Gasteiger partial charge in [0.05, 0.1) is 40.1 Å². The number of hydrogen-bond acceptors (Lipinski definition) is 9. The minimum Gasteiger partial charge on any atom is -0.342 e. The molecular formula is C32H29N9O4S. The van der Waals surface area contributed by atoms with E-state index < -0.39 is 32.7 Å². The molecule has 46 heavy (non-hydrogen) atoms. The van der Waals surface area contributed by atoms with E-state index >= 15 is 0 Å². The van der Waals surface area contributed by atoms with Crippen LogP contribution in [-0.2, 0) is 16.9 Å². The number of aryl methyl sites for hydroxylation is 2. The van der Waals surface area contributed by atoms with Gasteiger partial charge in [-0.1, -0.05) is 36.1 Å². The topological polar surface area (TPSA) is 172 Å². The van der Waals surface area contributed by atoms with Crippen molar-refractivity contribution in [3.05, 3.63) is 112 Å². The zero-order valence-electron chi connectivity index (χ0n) is 25.3. The van der Waals surface area contributed by atoms with Crippen LogP contribution < -0.4 is 16.6 Å². The summed E-state index contributed by atoms with van der Waals surface area (Å²) in [5.41, 5.74) is 7.93. The molecule has 13 nitrogen and oxygen atoms in total. The Kier molecular flexibility index (Phi) is 7.72. The van der Waals surface area contributed by atoms with Gasteiger partial charge in [0.15, 0.2) is 10.7 Å². The van der Waals surface area contributed by atoms with Crippen LogP contribution in [0.15, 0.2) is 83.0 Å². The molecule has 3 N–H and O–H groups in total. The van der Waals surface area contributed by atoms with Gasteiger partial charge in [-0.3, -0.25) is 18.8 Å². The molecule has 2 aromatic carbocycles. The summed E-state index contributed by atoms with van der Waals surface area (Å²) in [5, 5.41) is 10.4. The number of nitrogens with two attached hydrogens (primary N) is 1. The summed E-state index contributed by atoms with van der Waals surface area (Å²) in [6.45, 7) is 4.84. The van der Waals surface area contributed by atoms with E-state index in [-0.39, 0.29) is 16.0 Å². The highest BCUT2D eigenvalue weighted by Gasteiger charge is 2.27. The zero-order chi connectivity index (χ0) is 32.7. The molecule has 0 fully saturated rings. The van der Waals surface area contributed by atoms with E-state index in [1.54, 1.807) is 74.8 Å². The Morgan fingerprint density at radius 2 is 1.76 bits per heavy atom. The number of nitrogens with zero attached hydrogens (tertiary/aromatic N) is 7. The van der Waals surface area contributed by atoms with E-state index in [4.69, 9.17) is 10.7 Å². The predicted octanol–water partition coefficient (Wildman–Crippen LogP) is 2.44. The lowest BCUT2D eigenvalue weighted by atomic mass is 10.1. The SMILES string of the molecule is Cc1nn2cccnc2c1C(=O)N[C@@H](C)c1nc2cccc(C#Cc3cnn(C)c3S(=O)(=O)C(C)N)c2c(=O)n1-c1ccccc1. The van der Waals surface area contributed by atoms with Crippen LogP contribution in [0.1, 0.15) is 52.9 Å². The first-order valence-electron chi connectivity index (χ1n) is 14.2. The van der Waals surface area contributed by atoms with Crippen LogP contribution in [0.2, 0.25) is 0 Å². The second kappa shape index (κ2) is 11.7. The van der Waals surface area contributed by atoms with Gasteiger partial charge in [-0.25, -0.2) is 22.9 Å². The lowest BCUT2D eigenvalue weighted by molar-refractivity contribution is 0.0938. The first-order chi connectivity index (χ1) is 22.0. The maximum Gasteiger partial charge on any atom is 0.267 e. The van der Waals surface area contributed by atoms with E-state index in [1.165, 1.54) is 33.9 Å². The number of aromatic nitrogens is 7. The van der Waals surface area contributed by atoms with Crippen LogP contribution in [-0.4, -0.2) is 53.6 Å². The number of carbonyl (C=O) groups is 1. The van der Waals surface area contributed by atoms with Gasteiger partial charge in [0.25, 0.3) is 11.5 Å². The number of carbonyl (C=O) groups excluding carboxylic acids is 1. The van der Waals surface area contributed by atoms with Gasteiger partial charge >= 0.3 is 0 Å². The summed E-state index contributed by atoms with van der Waals surface area (Å²) in [5.74, 6) is 5.72. The lowest BCUT2D eigenvalue weighted by Gasteiger charge is -2.20. The molecule has 0 spiro atoms. The third kappa shape index (κ3) is 5.21. The van der Waals surface area contributed by atoms with Crippen molar-refractivity contribution in [3.63, 3.8) is 0 Å². The Morgan fingerprint density at radius 3 is 2.50 bits per heavy atom. The van der Waals surface area contributed by atoms with Gasteiger partial charge < -0.3 is 11.1 Å². The average Bonchev–Trinajstić information content (AvgIpc) is 3.58. The Labute approximate surface area is 263 Å². The van der Waals surface area contributed by atoms with Gasteiger partial charge in [0.1, 0.15) is 16.8 Å². The summed E-state index contributed by atoms with van der Waals surface area (Å²) in [7, 11) is -2.40. The van der Waals surface area contributed by atoms with Gasteiger partial charge in [-0.2, -0.15) is 10.2 Å². The standard InChI is InChI=1S/C32H29N9O4S/c1-19-26(29-34-16-9-17-40(29)38-19)30(42)36-20(2)28-37-25-13-8-10-22(27(25)31(43)41(28)24-11-6-5-7-12-24)14-15-23-18-35-39(4)32(23)46(44,45)21(3)33/h5-13,16-18,20-21H,33H2,1-4H3,(H,36,42)/t20-,21?/m0/s1. The molecule has 0 bridgehead atoms. The number of benzene rings is 2. The van der Waals surface area contributed by atoms with Crippen LogP contribution in [0.25, 0.3) is 22.2 Å². The fourth-order valence-corrected chi connectivity index (χ4v) is 6.40.